The lowest BCUT2D eigenvalue weighted by Gasteiger charge is -2.13. The van der Waals surface area contributed by atoms with Gasteiger partial charge in [0.1, 0.15) is 0 Å². The topological polar surface area (TPSA) is 159 Å². The van der Waals surface area contributed by atoms with Gasteiger partial charge in [-0.25, -0.2) is 13.1 Å². The third-order valence-corrected chi connectivity index (χ3v) is 5.58. The SMILES string of the molecule is O=C(NCCNS(=O)(=O)c1ccccc1[N+](=O)[O-])c1n[nH]c2c1CNCC2. The molecule has 0 spiro atoms. The number of fused-ring (bicyclic) bond motifs is 1. The number of sulfonamides is 1. The normalized spacial score (nSPS) is 13.8. The molecule has 1 aliphatic rings. The molecule has 27 heavy (non-hydrogen) atoms. The van der Waals surface area contributed by atoms with Gasteiger partial charge in [-0.2, -0.15) is 5.10 Å². The van der Waals surface area contributed by atoms with Crippen LogP contribution >= 0.6 is 0 Å². The number of hydrogen-bond donors (Lipinski definition) is 4. The number of carbonyl (C=O) groups excluding carboxylic acids is 1. The van der Waals surface area contributed by atoms with E-state index >= 15 is 0 Å². The number of carbonyl (C=O) groups is 1. The lowest BCUT2D eigenvalue weighted by molar-refractivity contribution is -0.387. The van der Waals surface area contributed by atoms with Gasteiger partial charge in [-0.3, -0.25) is 20.0 Å². The first kappa shape index (κ1) is 18.9. The van der Waals surface area contributed by atoms with E-state index in [1.54, 1.807) is 0 Å². The van der Waals surface area contributed by atoms with Crippen LogP contribution in [-0.2, 0) is 23.0 Å². The largest absolute Gasteiger partial charge is 0.349 e. The van der Waals surface area contributed by atoms with Crippen molar-refractivity contribution in [2.24, 2.45) is 0 Å². The van der Waals surface area contributed by atoms with Crippen LogP contribution in [0.15, 0.2) is 29.2 Å². The number of benzene rings is 1. The van der Waals surface area contributed by atoms with Gasteiger partial charge in [0.15, 0.2) is 10.6 Å². The van der Waals surface area contributed by atoms with E-state index in [4.69, 9.17) is 0 Å². The van der Waals surface area contributed by atoms with E-state index in [1.807, 2.05) is 0 Å². The molecule has 11 nitrogen and oxygen atoms in total. The fourth-order valence-corrected chi connectivity index (χ4v) is 3.97. The molecule has 4 N–H and O–H groups in total. The molecule has 1 aliphatic heterocycles. The van der Waals surface area contributed by atoms with Crippen molar-refractivity contribution in [1.29, 1.82) is 0 Å². The summed E-state index contributed by atoms with van der Waals surface area (Å²) in [4.78, 5) is 22.0. The molecule has 3 rings (SSSR count). The maximum Gasteiger partial charge on any atom is 0.289 e. The Bertz CT molecular complexity index is 971. The van der Waals surface area contributed by atoms with Crippen molar-refractivity contribution in [3.63, 3.8) is 0 Å². The van der Waals surface area contributed by atoms with Crippen LogP contribution in [0.3, 0.4) is 0 Å². The maximum absolute atomic E-state index is 12.3. The van der Waals surface area contributed by atoms with Crippen LogP contribution in [-0.4, -0.2) is 49.1 Å². The highest BCUT2D eigenvalue weighted by Gasteiger charge is 2.25. The number of nitrogens with one attached hydrogen (secondary N) is 4. The van der Waals surface area contributed by atoms with E-state index in [1.165, 1.54) is 12.1 Å². The summed E-state index contributed by atoms with van der Waals surface area (Å²) in [5.41, 5.74) is 1.48. The van der Waals surface area contributed by atoms with Gasteiger partial charge in [0.05, 0.1) is 4.92 Å². The summed E-state index contributed by atoms with van der Waals surface area (Å²) < 4.78 is 26.8. The molecule has 1 aromatic carbocycles. The molecule has 1 aromatic heterocycles. The van der Waals surface area contributed by atoms with Crippen molar-refractivity contribution < 1.29 is 18.1 Å². The zero-order valence-corrected chi connectivity index (χ0v) is 15.0. The van der Waals surface area contributed by atoms with E-state index in [9.17, 15) is 23.3 Å². The summed E-state index contributed by atoms with van der Waals surface area (Å²) >= 11 is 0. The smallest absolute Gasteiger partial charge is 0.289 e. The standard InChI is InChI=1S/C15H18N6O5S/c22-15(14-10-9-16-6-5-11(10)19-20-14)17-7-8-18-27(25,26)13-4-2-1-3-12(13)21(23)24/h1-4,16,18H,5-9H2,(H,17,22)(H,19,20). The third-order valence-electron chi connectivity index (χ3n) is 4.08. The van der Waals surface area contributed by atoms with Gasteiger partial charge in [0.2, 0.25) is 10.0 Å². The van der Waals surface area contributed by atoms with Gasteiger partial charge in [0.25, 0.3) is 11.6 Å². The molecule has 2 aromatic rings. The van der Waals surface area contributed by atoms with E-state index < -0.39 is 31.4 Å². The van der Waals surface area contributed by atoms with E-state index in [2.05, 4.69) is 25.6 Å². The number of nitro groups is 1. The van der Waals surface area contributed by atoms with Crippen LogP contribution < -0.4 is 15.4 Å². The van der Waals surface area contributed by atoms with Crippen molar-refractivity contribution in [2.75, 3.05) is 19.6 Å². The van der Waals surface area contributed by atoms with E-state index in [0.29, 0.717) is 6.54 Å². The Labute approximate surface area is 154 Å². The monoisotopic (exact) mass is 394 g/mol. The second-order valence-electron chi connectivity index (χ2n) is 5.83. The van der Waals surface area contributed by atoms with Gasteiger partial charge in [-0.15, -0.1) is 0 Å². The first-order chi connectivity index (χ1) is 12.9. The predicted octanol–water partition coefficient (Wildman–Crippen LogP) is -0.328. The molecule has 12 heteroatoms. The zero-order valence-electron chi connectivity index (χ0n) is 14.2. The number of aromatic amines is 1. The summed E-state index contributed by atoms with van der Waals surface area (Å²) in [5.74, 6) is -0.416. The zero-order chi connectivity index (χ0) is 19.4. The van der Waals surface area contributed by atoms with E-state index in [-0.39, 0.29) is 18.8 Å². The molecule has 0 aliphatic carbocycles. The average molecular weight is 394 g/mol. The van der Waals surface area contributed by atoms with Crippen LogP contribution in [0.25, 0.3) is 0 Å². The molecule has 0 saturated carbocycles. The van der Waals surface area contributed by atoms with Crippen LogP contribution in [0.4, 0.5) is 5.69 Å². The van der Waals surface area contributed by atoms with E-state index in [0.717, 1.165) is 36.4 Å². The summed E-state index contributed by atoms with van der Waals surface area (Å²) in [6.07, 6.45) is 0.755. The van der Waals surface area contributed by atoms with Gasteiger partial charge in [-0.05, 0) is 6.07 Å². The highest BCUT2D eigenvalue weighted by molar-refractivity contribution is 7.89. The van der Waals surface area contributed by atoms with Crippen LogP contribution in [0.2, 0.25) is 0 Å². The van der Waals surface area contributed by atoms with Gasteiger partial charge in [0, 0.05) is 49.9 Å². The van der Waals surface area contributed by atoms with Crippen LogP contribution in [0.5, 0.6) is 0 Å². The number of amides is 1. The van der Waals surface area contributed by atoms with Crippen molar-refractivity contribution in [3.05, 3.63) is 51.3 Å². The number of nitro benzene ring substituents is 1. The predicted molar refractivity (Wildman–Crippen MR) is 94.6 cm³/mol. The third kappa shape index (κ3) is 4.13. The first-order valence-corrected chi connectivity index (χ1v) is 9.66. The number of hydrogen-bond acceptors (Lipinski definition) is 7. The molecule has 1 amide bonds. The van der Waals surface area contributed by atoms with Crippen LogP contribution in [0, 0.1) is 10.1 Å². The minimum Gasteiger partial charge on any atom is -0.349 e. The number of para-hydroxylation sites is 1. The Kier molecular flexibility index (Phi) is 5.48. The number of nitrogens with zero attached hydrogens (tertiary/aromatic N) is 2. The lowest BCUT2D eigenvalue weighted by atomic mass is 10.1. The minimum absolute atomic E-state index is 0.00769. The number of H-pyrrole nitrogens is 1. The summed E-state index contributed by atoms with van der Waals surface area (Å²) in [5, 5.41) is 23.6. The maximum atomic E-state index is 12.3. The molecule has 0 unspecified atom stereocenters. The Morgan fingerprint density at radius 1 is 1.30 bits per heavy atom. The second kappa shape index (κ2) is 7.82. The minimum atomic E-state index is -4.08. The Hall–Kier alpha value is -2.83. The number of aromatic nitrogens is 2. The Balaban J connectivity index is 1.58. The molecule has 144 valence electrons. The summed E-state index contributed by atoms with van der Waals surface area (Å²) in [6.45, 7) is 1.24. The molecule has 2 heterocycles. The number of rotatable bonds is 7. The van der Waals surface area contributed by atoms with Crippen molar-refractivity contribution in [3.8, 4) is 0 Å². The van der Waals surface area contributed by atoms with Crippen molar-refractivity contribution in [1.82, 2.24) is 25.6 Å². The Morgan fingerprint density at radius 3 is 2.85 bits per heavy atom. The van der Waals surface area contributed by atoms with Crippen molar-refractivity contribution in [2.45, 2.75) is 17.9 Å². The molecular formula is C15H18N6O5S. The van der Waals surface area contributed by atoms with Gasteiger partial charge < -0.3 is 10.6 Å². The first-order valence-electron chi connectivity index (χ1n) is 8.18. The molecule has 0 atom stereocenters. The van der Waals surface area contributed by atoms with Gasteiger partial charge in [-0.1, -0.05) is 12.1 Å². The molecular weight excluding hydrogens is 376 g/mol. The summed E-state index contributed by atoms with van der Waals surface area (Å²) in [6, 6.07) is 5.06. The average Bonchev–Trinajstić information content (AvgIpc) is 3.09. The molecule has 0 bridgehead atoms. The molecule has 0 saturated heterocycles. The molecule has 0 radical (unpaired) electrons. The fraction of sp³-hybridized carbons (Fsp3) is 0.333. The van der Waals surface area contributed by atoms with Gasteiger partial charge >= 0.3 is 0 Å². The second-order valence-corrected chi connectivity index (χ2v) is 7.57. The Morgan fingerprint density at radius 2 is 2.07 bits per heavy atom. The quantitative estimate of drug-likeness (QED) is 0.284. The fourth-order valence-electron chi connectivity index (χ4n) is 2.77. The van der Waals surface area contributed by atoms with Crippen molar-refractivity contribution >= 4 is 21.6 Å². The highest BCUT2D eigenvalue weighted by Crippen LogP contribution is 2.22. The lowest BCUT2D eigenvalue weighted by Crippen LogP contribution is -2.35. The highest BCUT2D eigenvalue weighted by atomic mass is 32.2. The summed E-state index contributed by atoms with van der Waals surface area (Å²) in [7, 11) is -4.08. The molecule has 0 fully saturated rings. The van der Waals surface area contributed by atoms with Crippen LogP contribution in [0.1, 0.15) is 21.7 Å².